The molecule has 1 N–H and O–H groups in total. The van der Waals surface area contributed by atoms with Gasteiger partial charge in [-0.3, -0.25) is 4.98 Å². The smallest absolute Gasteiger partial charge is 0.0419 e. The highest BCUT2D eigenvalue weighted by atomic mass is 14.9. The van der Waals surface area contributed by atoms with Crippen LogP contribution in [0.15, 0.2) is 18.3 Å². The number of pyridine rings is 1. The number of rotatable bonds is 5. The molecule has 18 heavy (non-hydrogen) atoms. The van der Waals surface area contributed by atoms with Gasteiger partial charge in [-0.25, -0.2) is 0 Å². The van der Waals surface area contributed by atoms with Gasteiger partial charge in [0.25, 0.3) is 0 Å². The maximum atomic E-state index is 4.56. The van der Waals surface area contributed by atoms with E-state index in [-0.39, 0.29) is 0 Å². The number of likely N-dealkylation sites (N-methyl/N-ethyl adjacent to an activating group) is 1. The van der Waals surface area contributed by atoms with Gasteiger partial charge in [-0.1, -0.05) is 13.0 Å². The molecule has 3 atom stereocenters. The van der Waals surface area contributed by atoms with E-state index in [2.05, 4.69) is 36.3 Å². The minimum absolute atomic E-state index is 0.637. The molecule has 0 amide bonds. The van der Waals surface area contributed by atoms with Crippen LogP contribution < -0.4 is 5.32 Å². The van der Waals surface area contributed by atoms with Crippen molar-refractivity contribution in [3.05, 3.63) is 29.6 Å². The van der Waals surface area contributed by atoms with E-state index in [1.165, 1.54) is 30.5 Å². The van der Waals surface area contributed by atoms with Crippen LogP contribution in [0, 0.1) is 24.7 Å². The van der Waals surface area contributed by atoms with Crippen molar-refractivity contribution in [1.82, 2.24) is 10.3 Å². The molecule has 0 radical (unpaired) electrons. The molecule has 98 valence electrons. The molecule has 0 bridgehead atoms. The molecule has 0 aromatic carbocycles. The van der Waals surface area contributed by atoms with Gasteiger partial charge in [0.05, 0.1) is 0 Å². The Hall–Kier alpha value is -0.890. The third kappa shape index (κ3) is 2.59. The van der Waals surface area contributed by atoms with Crippen molar-refractivity contribution in [3.8, 4) is 0 Å². The van der Waals surface area contributed by atoms with Crippen molar-refractivity contribution in [2.24, 2.45) is 17.8 Å². The number of aromatic nitrogens is 1. The van der Waals surface area contributed by atoms with E-state index < -0.39 is 0 Å². The van der Waals surface area contributed by atoms with Gasteiger partial charge in [-0.15, -0.1) is 0 Å². The van der Waals surface area contributed by atoms with Crippen LogP contribution in [0.3, 0.4) is 0 Å². The Morgan fingerprint density at radius 1 is 1.28 bits per heavy atom. The van der Waals surface area contributed by atoms with E-state index in [0.29, 0.717) is 6.04 Å². The molecular formula is C16H24N2. The minimum Gasteiger partial charge on any atom is -0.314 e. The normalized spacial score (nSPS) is 31.1. The lowest BCUT2D eigenvalue weighted by Gasteiger charge is -2.25. The minimum atomic E-state index is 0.637. The lowest BCUT2D eigenvalue weighted by atomic mass is 9.91. The molecule has 0 spiro atoms. The van der Waals surface area contributed by atoms with Crippen molar-refractivity contribution in [3.63, 3.8) is 0 Å². The fourth-order valence-electron chi connectivity index (χ4n) is 3.60. The van der Waals surface area contributed by atoms with E-state index in [4.69, 9.17) is 0 Å². The van der Waals surface area contributed by atoms with E-state index in [9.17, 15) is 0 Å². The first-order valence-corrected chi connectivity index (χ1v) is 7.41. The Morgan fingerprint density at radius 3 is 2.67 bits per heavy atom. The highest BCUT2D eigenvalue weighted by Crippen LogP contribution is 2.55. The quantitative estimate of drug-likeness (QED) is 0.861. The van der Waals surface area contributed by atoms with Crippen molar-refractivity contribution in [2.75, 3.05) is 6.54 Å². The molecule has 2 aliphatic carbocycles. The molecule has 0 aliphatic heterocycles. The van der Waals surface area contributed by atoms with Crippen molar-refractivity contribution in [2.45, 2.75) is 45.6 Å². The summed E-state index contributed by atoms with van der Waals surface area (Å²) >= 11 is 0. The average Bonchev–Trinajstić information content (AvgIpc) is 2.98. The van der Waals surface area contributed by atoms with Gasteiger partial charge in [-0.2, -0.15) is 0 Å². The Bertz CT molecular complexity index is 388. The third-order valence-electron chi connectivity index (χ3n) is 4.72. The van der Waals surface area contributed by atoms with Gasteiger partial charge in [-0.05, 0) is 62.1 Å². The summed E-state index contributed by atoms with van der Waals surface area (Å²) < 4.78 is 0. The summed E-state index contributed by atoms with van der Waals surface area (Å²) in [5.74, 6) is 3.03. The summed E-state index contributed by atoms with van der Waals surface area (Å²) in [5.41, 5.74) is 2.49. The van der Waals surface area contributed by atoms with Gasteiger partial charge < -0.3 is 5.32 Å². The lowest BCUT2D eigenvalue weighted by Crippen LogP contribution is -2.37. The first-order valence-electron chi connectivity index (χ1n) is 7.41. The molecule has 3 rings (SSSR count). The number of hydrogen-bond acceptors (Lipinski definition) is 2. The van der Waals surface area contributed by atoms with E-state index in [0.717, 1.165) is 30.7 Å². The summed E-state index contributed by atoms with van der Waals surface area (Å²) in [6.45, 7) is 5.39. The molecule has 2 nitrogen and oxygen atoms in total. The number of nitrogens with one attached hydrogen (secondary N) is 1. The molecule has 3 unspecified atom stereocenters. The van der Waals surface area contributed by atoms with Crippen LogP contribution in [-0.2, 0) is 6.42 Å². The van der Waals surface area contributed by atoms with Crippen molar-refractivity contribution < 1.29 is 0 Å². The van der Waals surface area contributed by atoms with Gasteiger partial charge >= 0.3 is 0 Å². The van der Waals surface area contributed by atoms with Gasteiger partial charge in [0, 0.05) is 24.4 Å². The molecule has 2 heteroatoms. The topological polar surface area (TPSA) is 24.9 Å². The van der Waals surface area contributed by atoms with E-state index in [1.807, 2.05) is 6.20 Å². The molecule has 0 saturated heterocycles. The predicted octanol–water partition coefficient (Wildman–Crippen LogP) is 2.96. The molecule has 1 aromatic rings. The Labute approximate surface area is 110 Å². The van der Waals surface area contributed by atoms with E-state index >= 15 is 0 Å². The zero-order valence-corrected chi connectivity index (χ0v) is 11.5. The molecule has 1 heterocycles. The highest BCUT2D eigenvalue weighted by molar-refractivity contribution is 5.14. The second-order valence-corrected chi connectivity index (χ2v) is 6.18. The average molecular weight is 244 g/mol. The SMILES string of the molecule is CCNC(Cc1ccc(C)cn1)C1CC2CC2C1. The fourth-order valence-corrected chi connectivity index (χ4v) is 3.60. The van der Waals surface area contributed by atoms with Crippen LogP contribution in [0.4, 0.5) is 0 Å². The van der Waals surface area contributed by atoms with Crippen LogP contribution >= 0.6 is 0 Å². The van der Waals surface area contributed by atoms with Crippen LogP contribution in [0.25, 0.3) is 0 Å². The molecule has 2 aliphatic rings. The molecule has 2 fully saturated rings. The largest absolute Gasteiger partial charge is 0.314 e. The standard InChI is InChI=1S/C16H24N2/c1-3-17-16(14-7-12-6-13(12)8-14)9-15-5-4-11(2)10-18-15/h4-5,10,12-14,16-17H,3,6-9H2,1-2H3. The first kappa shape index (κ1) is 12.2. The van der Waals surface area contributed by atoms with Gasteiger partial charge in [0.15, 0.2) is 0 Å². The lowest BCUT2D eigenvalue weighted by molar-refractivity contribution is 0.335. The number of aryl methyl sites for hydroxylation is 1. The van der Waals surface area contributed by atoms with E-state index in [1.54, 1.807) is 0 Å². The summed E-state index contributed by atoms with van der Waals surface area (Å²) in [6, 6.07) is 5.00. The maximum Gasteiger partial charge on any atom is 0.0419 e. The van der Waals surface area contributed by atoms with Crippen molar-refractivity contribution >= 4 is 0 Å². The third-order valence-corrected chi connectivity index (χ3v) is 4.72. The van der Waals surface area contributed by atoms with Crippen LogP contribution in [-0.4, -0.2) is 17.6 Å². The van der Waals surface area contributed by atoms with Crippen molar-refractivity contribution in [1.29, 1.82) is 0 Å². The van der Waals surface area contributed by atoms with Gasteiger partial charge in [0.2, 0.25) is 0 Å². The maximum absolute atomic E-state index is 4.56. The molecular weight excluding hydrogens is 220 g/mol. The summed E-state index contributed by atoms with van der Waals surface area (Å²) in [6.07, 6.45) is 7.50. The zero-order chi connectivity index (χ0) is 12.5. The zero-order valence-electron chi connectivity index (χ0n) is 11.5. The Balaban J connectivity index is 1.64. The molecule has 2 saturated carbocycles. The number of fused-ring (bicyclic) bond motifs is 1. The summed E-state index contributed by atoms with van der Waals surface area (Å²) in [4.78, 5) is 4.56. The second-order valence-electron chi connectivity index (χ2n) is 6.18. The Kier molecular flexibility index (Phi) is 3.38. The summed E-state index contributed by atoms with van der Waals surface area (Å²) in [7, 11) is 0. The number of nitrogens with zero attached hydrogens (tertiary/aromatic N) is 1. The monoisotopic (exact) mass is 244 g/mol. The van der Waals surface area contributed by atoms with Crippen LogP contribution in [0.5, 0.6) is 0 Å². The summed E-state index contributed by atoms with van der Waals surface area (Å²) in [5, 5.41) is 3.69. The molecule has 1 aromatic heterocycles. The van der Waals surface area contributed by atoms with Crippen LogP contribution in [0.1, 0.15) is 37.4 Å². The second kappa shape index (κ2) is 5.00. The number of hydrogen-bond donors (Lipinski definition) is 1. The van der Waals surface area contributed by atoms with Crippen LogP contribution in [0.2, 0.25) is 0 Å². The predicted molar refractivity (Wildman–Crippen MR) is 74.5 cm³/mol. The Morgan fingerprint density at radius 2 is 2.06 bits per heavy atom. The highest BCUT2D eigenvalue weighted by Gasteiger charge is 2.47. The van der Waals surface area contributed by atoms with Gasteiger partial charge in [0.1, 0.15) is 0 Å². The first-order chi connectivity index (χ1) is 8.76. The fraction of sp³-hybridized carbons (Fsp3) is 0.688.